The van der Waals surface area contributed by atoms with Crippen molar-refractivity contribution in [2.75, 3.05) is 19.6 Å². The third-order valence-electron chi connectivity index (χ3n) is 5.72. The van der Waals surface area contributed by atoms with Gasteiger partial charge in [-0.1, -0.05) is 12.1 Å². The molecule has 1 saturated heterocycles. The molecule has 0 amide bonds. The van der Waals surface area contributed by atoms with Gasteiger partial charge in [0.25, 0.3) is 0 Å². The van der Waals surface area contributed by atoms with E-state index in [1.807, 2.05) is 42.6 Å². The molecule has 1 aliphatic heterocycles. The van der Waals surface area contributed by atoms with Crippen LogP contribution in [0.4, 0.5) is 0 Å². The summed E-state index contributed by atoms with van der Waals surface area (Å²) in [5, 5.41) is 0. The summed E-state index contributed by atoms with van der Waals surface area (Å²) in [6.07, 6.45) is 6.59. The molecule has 1 aliphatic rings. The molecule has 0 saturated carbocycles. The average molecular weight is 386 g/mol. The Balaban J connectivity index is 1.27. The Morgan fingerprint density at radius 2 is 1.90 bits per heavy atom. The SMILES string of the molecule is O=c1oc2ccccc2n1CCN1CC[C@H](c2ccnc(-c3ccncc3)c2)C1. The molecule has 0 spiro atoms. The zero-order valence-corrected chi connectivity index (χ0v) is 16.1. The normalized spacial score (nSPS) is 17.2. The molecule has 0 radical (unpaired) electrons. The van der Waals surface area contributed by atoms with Gasteiger partial charge in [0.15, 0.2) is 5.58 Å². The highest BCUT2D eigenvalue weighted by molar-refractivity contribution is 5.72. The second kappa shape index (κ2) is 7.64. The van der Waals surface area contributed by atoms with Gasteiger partial charge in [-0.3, -0.25) is 14.5 Å². The molecule has 6 nitrogen and oxygen atoms in total. The number of hydrogen-bond donors (Lipinski definition) is 0. The summed E-state index contributed by atoms with van der Waals surface area (Å²) < 4.78 is 7.07. The third-order valence-corrected chi connectivity index (χ3v) is 5.72. The molecule has 4 aromatic rings. The third kappa shape index (κ3) is 3.59. The van der Waals surface area contributed by atoms with E-state index in [2.05, 4.69) is 27.0 Å². The molecule has 0 N–H and O–H groups in total. The summed E-state index contributed by atoms with van der Waals surface area (Å²) in [7, 11) is 0. The lowest BCUT2D eigenvalue weighted by atomic mass is 9.98. The maximum atomic E-state index is 12.2. The molecule has 1 atom stereocenters. The second-order valence-electron chi connectivity index (χ2n) is 7.48. The van der Waals surface area contributed by atoms with Crippen LogP contribution in [0.25, 0.3) is 22.4 Å². The Labute approximate surface area is 168 Å². The van der Waals surface area contributed by atoms with Gasteiger partial charge in [0.1, 0.15) is 0 Å². The van der Waals surface area contributed by atoms with Crippen molar-refractivity contribution in [2.24, 2.45) is 0 Å². The summed E-state index contributed by atoms with van der Waals surface area (Å²) in [4.78, 5) is 23.2. The lowest BCUT2D eigenvalue weighted by molar-refractivity contribution is 0.314. The Morgan fingerprint density at radius 1 is 1.03 bits per heavy atom. The highest BCUT2D eigenvalue weighted by Gasteiger charge is 2.24. The van der Waals surface area contributed by atoms with Crippen LogP contribution in [0.15, 0.2) is 76.3 Å². The minimum Gasteiger partial charge on any atom is -0.408 e. The molecule has 146 valence electrons. The van der Waals surface area contributed by atoms with Crippen molar-refractivity contribution >= 4 is 11.1 Å². The molecule has 0 bridgehead atoms. The quantitative estimate of drug-likeness (QED) is 0.525. The number of rotatable bonds is 5. The fraction of sp³-hybridized carbons (Fsp3) is 0.261. The van der Waals surface area contributed by atoms with Crippen molar-refractivity contribution in [3.8, 4) is 11.3 Å². The van der Waals surface area contributed by atoms with Crippen LogP contribution in [-0.2, 0) is 6.54 Å². The summed E-state index contributed by atoms with van der Waals surface area (Å²) in [5.74, 6) is 0.203. The maximum Gasteiger partial charge on any atom is 0.419 e. The van der Waals surface area contributed by atoms with Gasteiger partial charge in [0.2, 0.25) is 0 Å². The zero-order chi connectivity index (χ0) is 19.6. The van der Waals surface area contributed by atoms with Crippen LogP contribution in [0.5, 0.6) is 0 Å². The van der Waals surface area contributed by atoms with Gasteiger partial charge in [0.05, 0.1) is 11.2 Å². The number of pyridine rings is 2. The lowest BCUT2D eigenvalue weighted by Crippen LogP contribution is -2.28. The summed E-state index contributed by atoms with van der Waals surface area (Å²) in [5.41, 5.74) is 4.91. The monoisotopic (exact) mass is 386 g/mol. The van der Waals surface area contributed by atoms with Crippen LogP contribution in [0.2, 0.25) is 0 Å². The van der Waals surface area contributed by atoms with E-state index in [0.717, 1.165) is 42.8 Å². The van der Waals surface area contributed by atoms with Gasteiger partial charge in [-0.05, 0) is 60.8 Å². The van der Waals surface area contributed by atoms with Gasteiger partial charge < -0.3 is 9.32 Å². The first-order valence-corrected chi connectivity index (χ1v) is 9.95. The average Bonchev–Trinajstić information content (AvgIpc) is 3.37. The highest BCUT2D eigenvalue weighted by Crippen LogP contribution is 2.29. The summed E-state index contributed by atoms with van der Waals surface area (Å²) >= 11 is 0. The van der Waals surface area contributed by atoms with Crippen LogP contribution >= 0.6 is 0 Å². The number of hydrogen-bond acceptors (Lipinski definition) is 5. The number of fused-ring (bicyclic) bond motifs is 1. The Kier molecular flexibility index (Phi) is 4.69. The first-order chi connectivity index (χ1) is 14.3. The molecule has 1 fully saturated rings. The molecular formula is C23H22N4O2. The predicted octanol–water partition coefficient (Wildman–Crippen LogP) is 3.54. The number of benzene rings is 1. The van der Waals surface area contributed by atoms with Crippen molar-refractivity contribution in [1.82, 2.24) is 19.4 Å². The molecule has 3 aromatic heterocycles. The number of nitrogens with zero attached hydrogens (tertiary/aromatic N) is 4. The van der Waals surface area contributed by atoms with Crippen molar-refractivity contribution in [3.63, 3.8) is 0 Å². The van der Waals surface area contributed by atoms with E-state index in [1.165, 1.54) is 5.56 Å². The number of likely N-dealkylation sites (tertiary alicyclic amines) is 1. The molecule has 6 heteroatoms. The van der Waals surface area contributed by atoms with Crippen LogP contribution in [0.1, 0.15) is 17.9 Å². The van der Waals surface area contributed by atoms with E-state index in [4.69, 9.17) is 4.42 Å². The van der Waals surface area contributed by atoms with E-state index in [0.29, 0.717) is 18.0 Å². The fourth-order valence-corrected chi connectivity index (χ4v) is 4.16. The van der Waals surface area contributed by atoms with Gasteiger partial charge in [-0.2, -0.15) is 0 Å². The van der Waals surface area contributed by atoms with Gasteiger partial charge in [-0.15, -0.1) is 0 Å². The van der Waals surface area contributed by atoms with Gasteiger partial charge in [-0.25, -0.2) is 4.79 Å². The summed E-state index contributed by atoms with van der Waals surface area (Å²) in [6, 6.07) is 15.9. The lowest BCUT2D eigenvalue weighted by Gasteiger charge is -2.16. The van der Waals surface area contributed by atoms with Gasteiger partial charge >= 0.3 is 5.76 Å². The Hall–Kier alpha value is -3.25. The van der Waals surface area contributed by atoms with Crippen molar-refractivity contribution in [3.05, 3.63) is 83.2 Å². The fourth-order valence-electron chi connectivity index (χ4n) is 4.16. The number of aromatic nitrogens is 3. The van der Waals surface area contributed by atoms with Crippen LogP contribution < -0.4 is 5.76 Å². The van der Waals surface area contributed by atoms with E-state index in [9.17, 15) is 4.79 Å². The summed E-state index contributed by atoms with van der Waals surface area (Å²) in [6.45, 7) is 3.50. The van der Waals surface area contributed by atoms with Crippen LogP contribution in [-0.4, -0.2) is 39.1 Å². The smallest absolute Gasteiger partial charge is 0.408 e. The minimum absolute atomic E-state index is 0.280. The second-order valence-corrected chi connectivity index (χ2v) is 7.48. The van der Waals surface area contributed by atoms with E-state index < -0.39 is 0 Å². The van der Waals surface area contributed by atoms with Gasteiger partial charge in [0, 0.05) is 43.8 Å². The first-order valence-electron chi connectivity index (χ1n) is 9.95. The molecular weight excluding hydrogens is 364 g/mol. The zero-order valence-electron chi connectivity index (χ0n) is 16.1. The predicted molar refractivity (Wildman–Crippen MR) is 112 cm³/mol. The molecule has 5 rings (SSSR count). The largest absolute Gasteiger partial charge is 0.419 e. The Morgan fingerprint density at radius 3 is 2.79 bits per heavy atom. The van der Waals surface area contributed by atoms with E-state index >= 15 is 0 Å². The first kappa shape index (κ1) is 17.8. The molecule has 0 aliphatic carbocycles. The van der Waals surface area contributed by atoms with Crippen molar-refractivity contribution in [1.29, 1.82) is 0 Å². The highest BCUT2D eigenvalue weighted by atomic mass is 16.4. The number of oxazole rings is 1. The molecule has 1 aromatic carbocycles. The Bertz CT molecular complexity index is 1180. The van der Waals surface area contributed by atoms with Crippen LogP contribution in [0.3, 0.4) is 0 Å². The van der Waals surface area contributed by atoms with E-state index in [-0.39, 0.29) is 5.76 Å². The number of para-hydroxylation sites is 2. The van der Waals surface area contributed by atoms with Crippen molar-refractivity contribution < 1.29 is 4.42 Å². The van der Waals surface area contributed by atoms with E-state index in [1.54, 1.807) is 17.0 Å². The van der Waals surface area contributed by atoms with Crippen LogP contribution in [0, 0.1) is 0 Å². The maximum absolute atomic E-state index is 12.2. The van der Waals surface area contributed by atoms with Crippen molar-refractivity contribution in [2.45, 2.75) is 18.9 Å². The topological polar surface area (TPSA) is 64.2 Å². The minimum atomic E-state index is -0.280. The molecule has 0 unspecified atom stereocenters. The standard InChI is InChI=1S/C23H22N4O2/c28-23-27(21-3-1-2-4-22(21)29-23)14-13-26-12-8-19(16-26)18-7-11-25-20(15-18)17-5-9-24-10-6-17/h1-7,9-11,15,19H,8,12-14,16H2/t19-/m0/s1. The molecule has 4 heterocycles. The molecule has 29 heavy (non-hydrogen) atoms.